The van der Waals surface area contributed by atoms with Gasteiger partial charge in [0.15, 0.2) is 5.78 Å². The largest absolute Gasteiger partial charge is 0.384 e. The fourth-order valence-electron chi connectivity index (χ4n) is 2.71. The Hall–Kier alpha value is 0.320. The molecule has 4 heteroatoms. The van der Waals surface area contributed by atoms with Gasteiger partial charge in [-0.05, 0) is 12.8 Å². The standard InChI is InChI=1S/C10H16INO2/c1-14-7-9-3-2-4-10(11,8(9)13)6-12-5-9/h12H,2-7H2,1H3/t9-,10-/m0/s1. The lowest BCUT2D eigenvalue weighted by Gasteiger charge is -2.47. The summed E-state index contributed by atoms with van der Waals surface area (Å²) in [5, 5.41) is 3.38. The normalized spacial score (nSPS) is 42.6. The van der Waals surface area contributed by atoms with E-state index in [0.717, 1.165) is 32.4 Å². The minimum atomic E-state index is -0.230. The molecule has 1 aliphatic heterocycles. The molecule has 0 radical (unpaired) electrons. The monoisotopic (exact) mass is 309 g/mol. The third-order valence-electron chi connectivity index (χ3n) is 3.41. The van der Waals surface area contributed by atoms with Crippen LogP contribution in [0.1, 0.15) is 19.3 Å². The van der Waals surface area contributed by atoms with E-state index in [9.17, 15) is 4.79 Å². The lowest BCUT2D eigenvalue weighted by Crippen LogP contribution is -2.63. The van der Waals surface area contributed by atoms with E-state index in [2.05, 4.69) is 27.9 Å². The van der Waals surface area contributed by atoms with Gasteiger partial charge in [0.1, 0.15) is 0 Å². The molecule has 2 atom stereocenters. The predicted octanol–water partition coefficient (Wildman–Crippen LogP) is 1.15. The number of carbonyl (C=O) groups is 1. The highest BCUT2D eigenvalue weighted by Crippen LogP contribution is 2.45. The van der Waals surface area contributed by atoms with E-state index in [4.69, 9.17) is 4.74 Å². The molecule has 2 fully saturated rings. The van der Waals surface area contributed by atoms with Crippen molar-refractivity contribution in [3.63, 3.8) is 0 Å². The number of ether oxygens (including phenoxy) is 1. The lowest BCUT2D eigenvalue weighted by molar-refractivity contribution is -0.139. The molecule has 1 saturated heterocycles. The van der Waals surface area contributed by atoms with E-state index in [0.29, 0.717) is 12.4 Å². The van der Waals surface area contributed by atoms with Crippen molar-refractivity contribution in [1.29, 1.82) is 0 Å². The second-order valence-corrected chi connectivity index (χ2v) is 6.53. The van der Waals surface area contributed by atoms with Gasteiger partial charge in [-0.2, -0.15) is 0 Å². The van der Waals surface area contributed by atoms with Crippen LogP contribution in [0.3, 0.4) is 0 Å². The van der Waals surface area contributed by atoms with Crippen molar-refractivity contribution in [2.24, 2.45) is 5.41 Å². The molecule has 1 saturated carbocycles. The van der Waals surface area contributed by atoms with Crippen LogP contribution in [0.15, 0.2) is 0 Å². The van der Waals surface area contributed by atoms with E-state index in [-0.39, 0.29) is 8.84 Å². The minimum Gasteiger partial charge on any atom is -0.384 e. The molecule has 3 nitrogen and oxygen atoms in total. The average molecular weight is 309 g/mol. The topological polar surface area (TPSA) is 38.3 Å². The molecule has 0 spiro atoms. The quantitative estimate of drug-likeness (QED) is 0.614. The summed E-state index contributed by atoms with van der Waals surface area (Å²) in [5.41, 5.74) is -0.230. The number of hydrogen-bond donors (Lipinski definition) is 1. The SMILES string of the molecule is COC[C@]12CCC[C@](I)(CNC1)C2=O. The smallest absolute Gasteiger partial charge is 0.159 e. The van der Waals surface area contributed by atoms with Crippen molar-refractivity contribution in [2.75, 3.05) is 26.8 Å². The van der Waals surface area contributed by atoms with Gasteiger partial charge in [0.05, 0.1) is 15.4 Å². The zero-order chi connectivity index (χ0) is 10.2. The number of Topliss-reactive ketones (excluding diaryl/α,β-unsaturated/α-hetero) is 1. The number of methoxy groups -OCH3 is 1. The van der Waals surface area contributed by atoms with Crippen LogP contribution in [0.25, 0.3) is 0 Å². The average Bonchev–Trinajstić information content (AvgIpc) is 2.11. The van der Waals surface area contributed by atoms with E-state index in [1.807, 2.05) is 0 Å². The van der Waals surface area contributed by atoms with E-state index in [1.165, 1.54) is 0 Å². The van der Waals surface area contributed by atoms with Gasteiger partial charge in [-0.25, -0.2) is 0 Å². The summed E-state index contributed by atoms with van der Waals surface area (Å²) >= 11 is 2.33. The molecule has 1 N–H and O–H groups in total. The third-order valence-corrected chi connectivity index (χ3v) is 4.82. The maximum atomic E-state index is 12.3. The molecule has 80 valence electrons. The maximum absolute atomic E-state index is 12.3. The van der Waals surface area contributed by atoms with Gasteiger partial charge in [0.2, 0.25) is 0 Å². The number of carbonyl (C=O) groups excluding carboxylic acids is 1. The van der Waals surface area contributed by atoms with Crippen LogP contribution in [-0.2, 0) is 9.53 Å². The van der Waals surface area contributed by atoms with Crippen LogP contribution >= 0.6 is 22.6 Å². The number of alkyl halides is 1. The molecule has 0 unspecified atom stereocenters. The Labute approximate surface area is 98.1 Å². The van der Waals surface area contributed by atoms with Gasteiger partial charge < -0.3 is 10.1 Å². The van der Waals surface area contributed by atoms with Gasteiger partial charge in [0, 0.05) is 20.2 Å². The van der Waals surface area contributed by atoms with Crippen molar-refractivity contribution in [1.82, 2.24) is 5.32 Å². The van der Waals surface area contributed by atoms with E-state index < -0.39 is 0 Å². The highest BCUT2D eigenvalue weighted by Gasteiger charge is 2.54. The number of piperidine rings is 1. The van der Waals surface area contributed by atoms with Crippen molar-refractivity contribution < 1.29 is 9.53 Å². The fourth-order valence-corrected chi connectivity index (χ4v) is 3.93. The molecular formula is C10H16INO2. The van der Waals surface area contributed by atoms with Crippen LogP contribution < -0.4 is 5.32 Å². The zero-order valence-electron chi connectivity index (χ0n) is 8.44. The Balaban J connectivity index is 2.27. The molecule has 0 amide bonds. The molecule has 0 aromatic rings. The molecule has 1 heterocycles. The van der Waals surface area contributed by atoms with Crippen molar-refractivity contribution >= 4 is 28.4 Å². The lowest BCUT2D eigenvalue weighted by atomic mass is 9.66. The maximum Gasteiger partial charge on any atom is 0.159 e. The first-order chi connectivity index (χ1) is 6.63. The fraction of sp³-hybridized carbons (Fsp3) is 0.900. The Morgan fingerprint density at radius 3 is 3.00 bits per heavy atom. The van der Waals surface area contributed by atoms with Gasteiger partial charge >= 0.3 is 0 Å². The molecule has 2 bridgehead atoms. The van der Waals surface area contributed by atoms with Gasteiger partial charge in [-0.1, -0.05) is 29.0 Å². The summed E-state index contributed by atoms with van der Waals surface area (Å²) in [5.74, 6) is 0.414. The Morgan fingerprint density at radius 2 is 2.29 bits per heavy atom. The number of nitrogens with one attached hydrogen (secondary N) is 1. The molecular weight excluding hydrogens is 293 g/mol. The molecule has 14 heavy (non-hydrogen) atoms. The predicted molar refractivity (Wildman–Crippen MR) is 62.8 cm³/mol. The van der Waals surface area contributed by atoms with Crippen LogP contribution in [0.2, 0.25) is 0 Å². The first-order valence-electron chi connectivity index (χ1n) is 5.06. The summed E-state index contributed by atoms with van der Waals surface area (Å²) < 4.78 is 5.05. The van der Waals surface area contributed by atoms with Gasteiger partial charge in [0.25, 0.3) is 0 Å². The first-order valence-corrected chi connectivity index (χ1v) is 6.14. The number of halogens is 1. The molecule has 2 rings (SSSR count). The second kappa shape index (κ2) is 3.72. The van der Waals surface area contributed by atoms with Gasteiger partial charge in [-0.3, -0.25) is 4.79 Å². The Morgan fingerprint density at radius 1 is 1.50 bits per heavy atom. The number of ketones is 1. The highest BCUT2D eigenvalue weighted by molar-refractivity contribution is 14.1. The summed E-state index contributed by atoms with van der Waals surface area (Å²) in [6.45, 7) is 2.20. The van der Waals surface area contributed by atoms with Crippen molar-refractivity contribution in [3.05, 3.63) is 0 Å². The zero-order valence-corrected chi connectivity index (χ0v) is 10.6. The second-order valence-electron chi connectivity index (χ2n) is 4.46. The van der Waals surface area contributed by atoms with E-state index in [1.54, 1.807) is 7.11 Å². The molecule has 0 aromatic heterocycles. The van der Waals surface area contributed by atoms with Crippen molar-refractivity contribution in [2.45, 2.75) is 22.7 Å². The van der Waals surface area contributed by atoms with Gasteiger partial charge in [-0.15, -0.1) is 0 Å². The minimum absolute atomic E-state index is 0.160. The molecule has 1 aliphatic carbocycles. The van der Waals surface area contributed by atoms with E-state index >= 15 is 0 Å². The summed E-state index contributed by atoms with van der Waals surface area (Å²) in [6.07, 6.45) is 3.15. The number of fused-ring (bicyclic) bond motifs is 2. The summed E-state index contributed by atoms with van der Waals surface area (Å²) in [6, 6.07) is 0. The molecule has 0 aromatic carbocycles. The van der Waals surface area contributed by atoms with Crippen LogP contribution in [0.5, 0.6) is 0 Å². The number of hydrogen-bond acceptors (Lipinski definition) is 3. The summed E-state index contributed by atoms with van der Waals surface area (Å²) in [7, 11) is 1.68. The van der Waals surface area contributed by atoms with Crippen LogP contribution in [0.4, 0.5) is 0 Å². The van der Waals surface area contributed by atoms with Crippen LogP contribution in [0, 0.1) is 5.41 Å². The summed E-state index contributed by atoms with van der Waals surface area (Å²) in [4.78, 5) is 12.3. The highest BCUT2D eigenvalue weighted by atomic mass is 127. The van der Waals surface area contributed by atoms with Crippen molar-refractivity contribution in [3.8, 4) is 0 Å². The first kappa shape index (κ1) is 10.8. The Kier molecular flexibility index (Phi) is 2.87. The molecule has 2 aliphatic rings. The van der Waals surface area contributed by atoms with Crippen LogP contribution in [-0.4, -0.2) is 36.0 Å². The Bertz CT molecular complexity index is 239. The number of rotatable bonds is 2. The third kappa shape index (κ3) is 1.51.